The molecule has 0 saturated carbocycles. The van der Waals surface area contributed by atoms with E-state index in [0.717, 1.165) is 11.3 Å². The summed E-state index contributed by atoms with van der Waals surface area (Å²) in [5.74, 6) is 0.339. The summed E-state index contributed by atoms with van der Waals surface area (Å²) in [6.07, 6.45) is 0. The largest absolute Gasteiger partial charge is 0.373 e. The third-order valence-electron chi connectivity index (χ3n) is 2.62. The van der Waals surface area contributed by atoms with Crippen LogP contribution in [0, 0.1) is 6.92 Å². The van der Waals surface area contributed by atoms with E-state index < -0.39 is 0 Å². The summed E-state index contributed by atoms with van der Waals surface area (Å²) in [6, 6.07) is 10.8. The second kappa shape index (κ2) is 5.71. The summed E-state index contributed by atoms with van der Waals surface area (Å²) in [5, 5.41) is 5.95. The Morgan fingerprint density at radius 3 is 2.53 bits per heavy atom. The van der Waals surface area contributed by atoms with Gasteiger partial charge in [-0.3, -0.25) is 4.79 Å². The number of hydrogen-bond acceptors (Lipinski definition) is 3. The lowest BCUT2D eigenvalue weighted by Gasteiger charge is -2.07. The second-order valence-electron chi connectivity index (χ2n) is 4.13. The number of nitrogens with zero attached hydrogens (tertiary/aromatic N) is 1. The Morgan fingerprint density at radius 1 is 1.21 bits per heavy atom. The summed E-state index contributed by atoms with van der Waals surface area (Å²) < 4.78 is 0. The van der Waals surface area contributed by atoms with Gasteiger partial charge in [0.1, 0.15) is 11.0 Å². The van der Waals surface area contributed by atoms with Crippen LogP contribution in [0.5, 0.6) is 0 Å². The van der Waals surface area contributed by atoms with Gasteiger partial charge in [-0.2, -0.15) is 0 Å². The van der Waals surface area contributed by atoms with Gasteiger partial charge in [-0.25, -0.2) is 4.98 Å². The fraction of sp³-hybridized carbons (Fsp3) is 0.143. The van der Waals surface area contributed by atoms with Gasteiger partial charge in [-0.05, 0) is 31.2 Å². The molecule has 0 atom stereocenters. The molecular formula is C14H14ClN3O. The van der Waals surface area contributed by atoms with E-state index in [2.05, 4.69) is 15.6 Å². The predicted molar refractivity (Wildman–Crippen MR) is 77.9 cm³/mol. The van der Waals surface area contributed by atoms with E-state index in [1.807, 2.05) is 31.2 Å². The Hall–Kier alpha value is -2.07. The van der Waals surface area contributed by atoms with Crippen LogP contribution < -0.4 is 10.6 Å². The summed E-state index contributed by atoms with van der Waals surface area (Å²) >= 11 is 5.87. The highest BCUT2D eigenvalue weighted by molar-refractivity contribution is 6.30. The van der Waals surface area contributed by atoms with Gasteiger partial charge < -0.3 is 10.6 Å². The van der Waals surface area contributed by atoms with Crippen LogP contribution in [-0.4, -0.2) is 17.9 Å². The molecule has 2 aromatic rings. The number of amides is 1. The number of carbonyl (C=O) groups is 1. The number of hydrogen-bond donors (Lipinski definition) is 2. The number of pyridine rings is 1. The van der Waals surface area contributed by atoms with E-state index in [9.17, 15) is 4.79 Å². The molecule has 5 heteroatoms. The Labute approximate surface area is 116 Å². The van der Waals surface area contributed by atoms with E-state index in [4.69, 9.17) is 11.6 Å². The van der Waals surface area contributed by atoms with Crippen molar-refractivity contribution in [2.75, 3.05) is 17.7 Å². The SMILES string of the molecule is CNc1cc(C(=O)Nc2ccc(C)cc2)cc(Cl)n1. The fourth-order valence-corrected chi connectivity index (χ4v) is 1.80. The van der Waals surface area contributed by atoms with E-state index in [-0.39, 0.29) is 11.1 Å². The highest BCUT2D eigenvalue weighted by Crippen LogP contribution is 2.16. The minimum atomic E-state index is -0.218. The Kier molecular flexibility index (Phi) is 4.02. The molecule has 19 heavy (non-hydrogen) atoms. The van der Waals surface area contributed by atoms with Gasteiger partial charge in [-0.1, -0.05) is 29.3 Å². The van der Waals surface area contributed by atoms with E-state index >= 15 is 0 Å². The maximum absolute atomic E-state index is 12.1. The molecule has 0 aliphatic carbocycles. The Morgan fingerprint density at radius 2 is 1.89 bits per heavy atom. The van der Waals surface area contributed by atoms with Crippen molar-refractivity contribution in [2.45, 2.75) is 6.92 Å². The standard InChI is InChI=1S/C14H14ClN3O/c1-9-3-5-11(6-4-9)17-14(19)10-7-12(15)18-13(8-10)16-2/h3-8H,1-2H3,(H,16,18)(H,17,19). The van der Waals surface area contributed by atoms with Crippen molar-refractivity contribution >= 4 is 29.0 Å². The van der Waals surface area contributed by atoms with Gasteiger partial charge in [-0.15, -0.1) is 0 Å². The van der Waals surface area contributed by atoms with Crippen molar-refractivity contribution < 1.29 is 4.79 Å². The van der Waals surface area contributed by atoms with Crippen LogP contribution in [0.2, 0.25) is 5.15 Å². The molecule has 0 bridgehead atoms. The number of anilines is 2. The van der Waals surface area contributed by atoms with Crippen molar-refractivity contribution in [1.29, 1.82) is 0 Å². The molecule has 2 rings (SSSR count). The maximum atomic E-state index is 12.1. The number of carbonyl (C=O) groups excluding carboxylic acids is 1. The average Bonchev–Trinajstić information content (AvgIpc) is 2.40. The molecule has 0 spiro atoms. The lowest BCUT2D eigenvalue weighted by molar-refractivity contribution is 0.102. The minimum absolute atomic E-state index is 0.218. The first-order valence-corrected chi connectivity index (χ1v) is 6.19. The molecule has 0 fully saturated rings. The average molecular weight is 276 g/mol. The van der Waals surface area contributed by atoms with Crippen molar-refractivity contribution in [3.63, 3.8) is 0 Å². The summed E-state index contributed by atoms with van der Waals surface area (Å²) in [7, 11) is 1.72. The van der Waals surface area contributed by atoms with Gasteiger partial charge in [0.15, 0.2) is 0 Å². The highest BCUT2D eigenvalue weighted by atomic mass is 35.5. The minimum Gasteiger partial charge on any atom is -0.373 e. The highest BCUT2D eigenvalue weighted by Gasteiger charge is 2.09. The zero-order valence-electron chi connectivity index (χ0n) is 10.7. The number of nitrogens with one attached hydrogen (secondary N) is 2. The second-order valence-corrected chi connectivity index (χ2v) is 4.52. The zero-order valence-corrected chi connectivity index (χ0v) is 11.5. The number of benzene rings is 1. The fourth-order valence-electron chi connectivity index (χ4n) is 1.60. The van der Waals surface area contributed by atoms with Crippen LogP contribution in [0.15, 0.2) is 36.4 Å². The molecule has 0 unspecified atom stereocenters. The monoisotopic (exact) mass is 275 g/mol. The third kappa shape index (κ3) is 3.45. The molecule has 0 saturated heterocycles. The maximum Gasteiger partial charge on any atom is 0.255 e. The Bertz CT molecular complexity index is 596. The van der Waals surface area contributed by atoms with Crippen molar-refractivity contribution in [3.8, 4) is 0 Å². The molecule has 4 nitrogen and oxygen atoms in total. The van der Waals surface area contributed by atoms with Gasteiger partial charge in [0.25, 0.3) is 5.91 Å². The third-order valence-corrected chi connectivity index (χ3v) is 2.82. The smallest absolute Gasteiger partial charge is 0.255 e. The molecular weight excluding hydrogens is 262 g/mol. The molecule has 1 heterocycles. The number of aryl methyl sites for hydroxylation is 1. The van der Waals surface area contributed by atoms with Crippen LogP contribution in [0.3, 0.4) is 0 Å². The van der Waals surface area contributed by atoms with Gasteiger partial charge in [0.2, 0.25) is 0 Å². The van der Waals surface area contributed by atoms with Crippen LogP contribution in [0.25, 0.3) is 0 Å². The zero-order chi connectivity index (χ0) is 13.8. The van der Waals surface area contributed by atoms with Crippen LogP contribution in [0.1, 0.15) is 15.9 Å². The van der Waals surface area contributed by atoms with Gasteiger partial charge >= 0.3 is 0 Å². The van der Waals surface area contributed by atoms with Crippen LogP contribution in [0.4, 0.5) is 11.5 Å². The molecule has 2 N–H and O–H groups in total. The number of halogens is 1. The normalized spacial score (nSPS) is 10.1. The topological polar surface area (TPSA) is 54.0 Å². The molecule has 1 aromatic heterocycles. The molecule has 0 radical (unpaired) electrons. The molecule has 98 valence electrons. The molecule has 1 amide bonds. The van der Waals surface area contributed by atoms with E-state index in [1.54, 1.807) is 13.1 Å². The molecule has 0 aliphatic rings. The first-order valence-electron chi connectivity index (χ1n) is 5.82. The van der Waals surface area contributed by atoms with Gasteiger partial charge in [0, 0.05) is 18.3 Å². The van der Waals surface area contributed by atoms with Crippen LogP contribution in [-0.2, 0) is 0 Å². The van der Waals surface area contributed by atoms with Gasteiger partial charge in [0.05, 0.1) is 0 Å². The van der Waals surface area contributed by atoms with E-state index in [0.29, 0.717) is 11.4 Å². The summed E-state index contributed by atoms with van der Waals surface area (Å²) in [5.41, 5.74) is 2.35. The molecule has 0 aliphatic heterocycles. The number of aromatic nitrogens is 1. The van der Waals surface area contributed by atoms with Crippen molar-refractivity contribution in [1.82, 2.24) is 4.98 Å². The van der Waals surface area contributed by atoms with E-state index in [1.165, 1.54) is 6.07 Å². The predicted octanol–water partition coefficient (Wildman–Crippen LogP) is 3.34. The lowest BCUT2D eigenvalue weighted by atomic mass is 10.2. The summed E-state index contributed by atoms with van der Waals surface area (Å²) in [4.78, 5) is 16.1. The molecule has 1 aromatic carbocycles. The van der Waals surface area contributed by atoms with Crippen LogP contribution >= 0.6 is 11.6 Å². The number of rotatable bonds is 3. The first-order chi connectivity index (χ1) is 9.08. The van der Waals surface area contributed by atoms with Crippen molar-refractivity contribution in [2.24, 2.45) is 0 Å². The first kappa shape index (κ1) is 13.4. The Balaban J connectivity index is 2.20. The summed E-state index contributed by atoms with van der Waals surface area (Å²) in [6.45, 7) is 1.99. The van der Waals surface area contributed by atoms with Crippen molar-refractivity contribution in [3.05, 3.63) is 52.7 Å². The lowest BCUT2D eigenvalue weighted by Crippen LogP contribution is -2.12. The quantitative estimate of drug-likeness (QED) is 0.845.